The summed E-state index contributed by atoms with van der Waals surface area (Å²) < 4.78 is 94.6. The number of carbonyl (C=O) groups excluding carboxylic acids is 1. The summed E-state index contributed by atoms with van der Waals surface area (Å²) in [6, 6.07) is 8.12. The molecule has 2 N–H and O–H groups in total. The number of aromatic nitrogens is 1. The van der Waals surface area contributed by atoms with Crippen LogP contribution in [0.2, 0.25) is 0 Å². The van der Waals surface area contributed by atoms with Crippen LogP contribution in [0.3, 0.4) is 0 Å². The summed E-state index contributed by atoms with van der Waals surface area (Å²) in [5, 5.41) is 2.52. The van der Waals surface area contributed by atoms with Crippen LogP contribution in [0, 0.1) is 5.82 Å². The molecule has 0 aliphatic rings. The second kappa shape index (κ2) is 11.4. The average Bonchev–Trinajstić information content (AvgIpc) is 2.82. The molecule has 0 unspecified atom stereocenters. The van der Waals surface area contributed by atoms with Crippen LogP contribution in [-0.2, 0) is 16.2 Å². The first-order valence-corrected chi connectivity index (χ1v) is 12.3. The number of alkyl halides is 3. The number of nitrogens with zero attached hydrogens (tertiary/aromatic N) is 1. The Morgan fingerprint density at radius 3 is 2.46 bits per heavy atom. The van der Waals surface area contributed by atoms with E-state index in [0.717, 1.165) is 30.5 Å². The molecule has 198 valence electrons. The summed E-state index contributed by atoms with van der Waals surface area (Å²) >= 11 is 0. The van der Waals surface area contributed by atoms with Crippen molar-refractivity contribution in [2.24, 2.45) is 0 Å². The third-order valence-corrected chi connectivity index (χ3v) is 5.33. The van der Waals surface area contributed by atoms with E-state index in [1.165, 1.54) is 25.4 Å². The van der Waals surface area contributed by atoms with Crippen molar-refractivity contribution >= 4 is 21.6 Å². The Bertz CT molecular complexity index is 1380. The van der Waals surface area contributed by atoms with Crippen LogP contribution >= 0.6 is 0 Å². The molecule has 0 fully saturated rings. The van der Waals surface area contributed by atoms with Crippen LogP contribution in [0.5, 0.6) is 23.1 Å². The van der Waals surface area contributed by atoms with E-state index in [9.17, 15) is 30.8 Å². The highest BCUT2D eigenvalue weighted by Crippen LogP contribution is 2.38. The Morgan fingerprint density at radius 2 is 1.78 bits per heavy atom. The van der Waals surface area contributed by atoms with E-state index >= 15 is 0 Å². The minimum absolute atomic E-state index is 0.165. The van der Waals surface area contributed by atoms with E-state index in [1.807, 2.05) is 0 Å². The van der Waals surface area contributed by atoms with Crippen molar-refractivity contribution in [3.63, 3.8) is 0 Å². The summed E-state index contributed by atoms with van der Waals surface area (Å²) in [5.41, 5.74) is -1.10. The van der Waals surface area contributed by atoms with E-state index in [2.05, 4.69) is 15.0 Å². The lowest BCUT2D eigenvalue weighted by molar-refractivity contribution is -0.137. The number of benzene rings is 2. The Labute approximate surface area is 209 Å². The molecular formula is C23H21F4N3O6S. The molecule has 0 saturated carbocycles. The van der Waals surface area contributed by atoms with Gasteiger partial charge in [-0.05, 0) is 36.4 Å². The van der Waals surface area contributed by atoms with E-state index in [1.54, 1.807) is 0 Å². The molecule has 1 heterocycles. The molecule has 3 rings (SSSR count). The number of nitrogens with one attached hydrogen (secondary N) is 2. The van der Waals surface area contributed by atoms with Crippen LogP contribution in [0.15, 0.2) is 54.7 Å². The third-order valence-electron chi connectivity index (χ3n) is 4.60. The van der Waals surface area contributed by atoms with Crippen LogP contribution in [-0.4, -0.2) is 45.8 Å². The van der Waals surface area contributed by atoms with Crippen molar-refractivity contribution in [3.8, 4) is 23.1 Å². The van der Waals surface area contributed by atoms with E-state index in [0.29, 0.717) is 12.1 Å². The predicted molar refractivity (Wildman–Crippen MR) is 125 cm³/mol. The fourth-order valence-electron chi connectivity index (χ4n) is 2.95. The SMILES string of the molecule is COc1cc(NC(=O)c2ccc(C(F)(F)F)cc2Oc2ccc(F)cc2OCCNS(C)(=O)=O)ccn1. The number of anilines is 1. The smallest absolute Gasteiger partial charge is 0.416 e. The van der Waals surface area contributed by atoms with Crippen LogP contribution in [0.4, 0.5) is 23.2 Å². The molecule has 0 radical (unpaired) electrons. The second-order valence-electron chi connectivity index (χ2n) is 7.46. The van der Waals surface area contributed by atoms with Gasteiger partial charge in [-0.25, -0.2) is 22.5 Å². The number of ether oxygens (including phenoxy) is 3. The average molecular weight is 543 g/mol. The Hall–Kier alpha value is -3.91. The number of methoxy groups -OCH3 is 1. The molecule has 0 saturated heterocycles. The van der Waals surface area contributed by atoms with Gasteiger partial charge >= 0.3 is 6.18 Å². The fraction of sp³-hybridized carbons (Fsp3) is 0.217. The molecule has 37 heavy (non-hydrogen) atoms. The number of hydrogen-bond acceptors (Lipinski definition) is 7. The van der Waals surface area contributed by atoms with Crippen LogP contribution in [0.25, 0.3) is 0 Å². The van der Waals surface area contributed by atoms with E-state index in [-0.39, 0.29) is 41.8 Å². The van der Waals surface area contributed by atoms with Gasteiger partial charge in [-0.2, -0.15) is 13.2 Å². The maximum atomic E-state index is 13.8. The number of halogens is 4. The van der Waals surface area contributed by atoms with E-state index in [4.69, 9.17) is 14.2 Å². The van der Waals surface area contributed by atoms with Crippen LogP contribution in [0.1, 0.15) is 15.9 Å². The largest absolute Gasteiger partial charge is 0.488 e. The summed E-state index contributed by atoms with van der Waals surface area (Å²) in [4.78, 5) is 16.8. The lowest BCUT2D eigenvalue weighted by atomic mass is 10.1. The molecule has 1 aromatic heterocycles. The Balaban J connectivity index is 1.93. The van der Waals surface area contributed by atoms with Gasteiger partial charge in [0.05, 0.1) is 24.5 Å². The van der Waals surface area contributed by atoms with Crippen molar-refractivity contribution in [2.45, 2.75) is 6.18 Å². The monoisotopic (exact) mass is 543 g/mol. The highest BCUT2D eigenvalue weighted by atomic mass is 32.2. The minimum atomic E-state index is -4.75. The van der Waals surface area contributed by atoms with Gasteiger partial charge < -0.3 is 19.5 Å². The first-order chi connectivity index (χ1) is 17.4. The predicted octanol–water partition coefficient (Wildman–Crippen LogP) is 4.22. The molecule has 0 aliphatic heterocycles. The summed E-state index contributed by atoms with van der Waals surface area (Å²) in [6.45, 7) is -0.409. The summed E-state index contributed by atoms with van der Waals surface area (Å²) in [6.07, 6.45) is -2.45. The molecule has 14 heteroatoms. The van der Waals surface area contributed by atoms with Gasteiger partial charge in [0.25, 0.3) is 5.91 Å². The number of pyridine rings is 1. The van der Waals surface area contributed by atoms with Crippen molar-refractivity contribution in [3.05, 3.63) is 71.7 Å². The van der Waals surface area contributed by atoms with Crippen molar-refractivity contribution < 1.29 is 45.0 Å². The normalized spacial score (nSPS) is 11.6. The molecule has 3 aromatic rings. The molecule has 9 nitrogen and oxygen atoms in total. The molecule has 0 bridgehead atoms. The van der Waals surface area contributed by atoms with Gasteiger partial charge in [0.2, 0.25) is 15.9 Å². The number of rotatable bonds is 10. The quantitative estimate of drug-likeness (QED) is 0.291. The Kier molecular flexibility index (Phi) is 8.55. The molecule has 2 aromatic carbocycles. The fourth-order valence-corrected chi connectivity index (χ4v) is 3.41. The zero-order chi connectivity index (χ0) is 27.2. The summed E-state index contributed by atoms with van der Waals surface area (Å²) in [7, 11) is -2.14. The molecule has 1 amide bonds. The minimum Gasteiger partial charge on any atom is -0.488 e. The Morgan fingerprint density at radius 1 is 1.03 bits per heavy atom. The van der Waals surface area contributed by atoms with Gasteiger partial charge in [0.15, 0.2) is 11.5 Å². The third kappa shape index (κ3) is 8.05. The first kappa shape index (κ1) is 27.7. The topological polar surface area (TPSA) is 116 Å². The number of hydrogen-bond donors (Lipinski definition) is 2. The molecule has 0 aliphatic carbocycles. The highest BCUT2D eigenvalue weighted by Gasteiger charge is 2.32. The van der Waals surface area contributed by atoms with Gasteiger partial charge in [-0.15, -0.1) is 0 Å². The molecule has 0 atom stereocenters. The standard InChI is InChI=1S/C23H21F4N3O6S/c1-34-21-13-16(7-8-28-21)30-22(31)17-5-3-14(23(25,26)27)11-19(17)36-18-6-4-15(24)12-20(18)35-10-9-29-37(2,32)33/h3-8,11-13,29H,9-10H2,1-2H3,(H,28,30,31). The maximum Gasteiger partial charge on any atom is 0.416 e. The van der Waals surface area contributed by atoms with Gasteiger partial charge in [0, 0.05) is 30.6 Å². The van der Waals surface area contributed by atoms with Gasteiger partial charge in [-0.3, -0.25) is 4.79 Å². The first-order valence-electron chi connectivity index (χ1n) is 10.4. The lowest BCUT2D eigenvalue weighted by Gasteiger charge is -2.17. The van der Waals surface area contributed by atoms with Crippen molar-refractivity contribution in [1.82, 2.24) is 9.71 Å². The number of carbonyl (C=O) groups is 1. The second-order valence-corrected chi connectivity index (χ2v) is 9.29. The zero-order valence-corrected chi connectivity index (χ0v) is 20.2. The zero-order valence-electron chi connectivity index (χ0n) is 19.4. The lowest BCUT2D eigenvalue weighted by Crippen LogP contribution is -2.26. The molecule has 0 spiro atoms. The van der Waals surface area contributed by atoms with Gasteiger partial charge in [0.1, 0.15) is 18.2 Å². The number of amides is 1. The summed E-state index contributed by atoms with van der Waals surface area (Å²) in [5.74, 6) is -2.28. The maximum absolute atomic E-state index is 13.8. The highest BCUT2D eigenvalue weighted by molar-refractivity contribution is 7.88. The van der Waals surface area contributed by atoms with Crippen molar-refractivity contribution in [1.29, 1.82) is 0 Å². The van der Waals surface area contributed by atoms with Crippen molar-refractivity contribution in [2.75, 3.05) is 31.8 Å². The van der Waals surface area contributed by atoms with Crippen LogP contribution < -0.4 is 24.2 Å². The van der Waals surface area contributed by atoms with E-state index < -0.39 is 39.2 Å². The molecular weight excluding hydrogens is 522 g/mol. The number of sulfonamides is 1. The van der Waals surface area contributed by atoms with Gasteiger partial charge in [-0.1, -0.05) is 0 Å².